The molecule has 0 aliphatic rings. The van der Waals surface area contributed by atoms with E-state index >= 15 is 0 Å². The van der Waals surface area contributed by atoms with Crippen molar-refractivity contribution in [3.63, 3.8) is 0 Å². The first-order valence-electron chi connectivity index (χ1n) is 3.73. The van der Waals surface area contributed by atoms with E-state index in [4.69, 9.17) is 10.5 Å². The van der Waals surface area contributed by atoms with Crippen LogP contribution in [-0.2, 0) is 0 Å². The Morgan fingerprint density at radius 3 is 2.31 bits per heavy atom. The molecule has 0 amide bonds. The Morgan fingerprint density at radius 1 is 1.23 bits per heavy atom. The van der Waals surface area contributed by atoms with Crippen molar-refractivity contribution < 1.29 is 4.39 Å². The van der Waals surface area contributed by atoms with E-state index in [-0.39, 0.29) is 0 Å². The number of aryl methyl sites for hydroxylation is 1. The monoisotopic (exact) mass is 174 g/mol. The lowest BCUT2D eigenvalue weighted by molar-refractivity contribution is 0.624. The van der Waals surface area contributed by atoms with Crippen molar-refractivity contribution in [3.05, 3.63) is 35.1 Å². The Hall–Kier alpha value is -1.87. The van der Waals surface area contributed by atoms with Crippen LogP contribution in [0.5, 0.6) is 0 Å². The quantitative estimate of drug-likeness (QED) is 0.655. The van der Waals surface area contributed by atoms with Gasteiger partial charge in [0.15, 0.2) is 5.92 Å². The number of benzene rings is 1. The molecule has 3 heteroatoms. The van der Waals surface area contributed by atoms with Gasteiger partial charge in [0.1, 0.15) is 5.82 Å². The van der Waals surface area contributed by atoms with Gasteiger partial charge in [-0.25, -0.2) is 4.39 Å². The molecule has 0 fully saturated rings. The molecule has 2 nitrogen and oxygen atoms in total. The van der Waals surface area contributed by atoms with Crippen LogP contribution in [0, 0.1) is 35.4 Å². The third-order valence-corrected chi connectivity index (χ3v) is 1.66. The van der Waals surface area contributed by atoms with Crippen LogP contribution in [0.15, 0.2) is 18.2 Å². The highest BCUT2D eigenvalue weighted by Gasteiger charge is 2.10. The van der Waals surface area contributed by atoms with Gasteiger partial charge in [-0.15, -0.1) is 0 Å². The van der Waals surface area contributed by atoms with Gasteiger partial charge in [0.2, 0.25) is 0 Å². The Morgan fingerprint density at radius 2 is 1.85 bits per heavy atom. The van der Waals surface area contributed by atoms with Crippen LogP contribution in [0.1, 0.15) is 17.0 Å². The van der Waals surface area contributed by atoms with Gasteiger partial charge in [-0.3, -0.25) is 0 Å². The summed E-state index contributed by atoms with van der Waals surface area (Å²) in [7, 11) is 0. The predicted molar refractivity (Wildman–Crippen MR) is 45.1 cm³/mol. The van der Waals surface area contributed by atoms with Gasteiger partial charge in [-0.1, -0.05) is 6.07 Å². The number of nitrogens with zero attached hydrogens (tertiary/aromatic N) is 2. The summed E-state index contributed by atoms with van der Waals surface area (Å²) in [6, 6.07) is 7.80. The van der Waals surface area contributed by atoms with E-state index in [1.54, 1.807) is 25.1 Å². The molecule has 0 aliphatic carbocycles. The predicted octanol–water partition coefficient (Wildman–Crippen LogP) is 2.26. The van der Waals surface area contributed by atoms with Crippen LogP contribution in [0.3, 0.4) is 0 Å². The highest BCUT2D eigenvalue weighted by Crippen LogP contribution is 2.17. The van der Waals surface area contributed by atoms with Crippen molar-refractivity contribution in [2.45, 2.75) is 12.8 Å². The minimum absolute atomic E-state index is 0.412. The average Bonchev–Trinajstić information content (AvgIpc) is 2.04. The summed E-state index contributed by atoms with van der Waals surface area (Å²) in [6.45, 7) is 1.72. The zero-order chi connectivity index (χ0) is 9.84. The minimum atomic E-state index is -0.880. The van der Waals surface area contributed by atoms with Gasteiger partial charge in [-0.2, -0.15) is 10.5 Å². The van der Waals surface area contributed by atoms with Crippen molar-refractivity contribution >= 4 is 0 Å². The fourth-order valence-electron chi connectivity index (χ4n) is 1.11. The van der Waals surface area contributed by atoms with Crippen LogP contribution in [0.4, 0.5) is 4.39 Å². The molecule has 0 heterocycles. The molecule has 0 bridgehead atoms. The van der Waals surface area contributed by atoms with Crippen LogP contribution in [0.25, 0.3) is 0 Å². The van der Waals surface area contributed by atoms with E-state index in [0.29, 0.717) is 11.1 Å². The molecule has 64 valence electrons. The largest absolute Gasteiger partial charge is 0.207 e. The van der Waals surface area contributed by atoms with Crippen molar-refractivity contribution in [3.8, 4) is 12.1 Å². The first-order valence-corrected chi connectivity index (χ1v) is 3.73. The topological polar surface area (TPSA) is 47.6 Å². The molecule has 0 radical (unpaired) electrons. The smallest absolute Gasteiger partial charge is 0.158 e. The maximum atomic E-state index is 12.8. The Kier molecular flexibility index (Phi) is 2.62. The molecule has 0 saturated carbocycles. The van der Waals surface area contributed by atoms with Gasteiger partial charge >= 0.3 is 0 Å². The number of hydrogen-bond donors (Lipinski definition) is 0. The third kappa shape index (κ3) is 2.04. The molecule has 0 spiro atoms. The average molecular weight is 174 g/mol. The molecule has 13 heavy (non-hydrogen) atoms. The first kappa shape index (κ1) is 9.22. The number of rotatable bonds is 1. The lowest BCUT2D eigenvalue weighted by Crippen LogP contribution is -1.93. The fourth-order valence-corrected chi connectivity index (χ4v) is 1.11. The number of halogens is 1. The van der Waals surface area contributed by atoms with Gasteiger partial charge in [0.05, 0.1) is 12.1 Å². The maximum absolute atomic E-state index is 12.8. The summed E-state index contributed by atoms with van der Waals surface area (Å²) in [5, 5.41) is 17.1. The molecule has 1 rings (SSSR count). The summed E-state index contributed by atoms with van der Waals surface area (Å²) in [5.74, 6) is -1.29. The summed E-state index contributed by atoms with van der Waals surface area (Å²) < 4.78 is 12.8. The van der Waals surface area contributed by atoms with Gasteiger partial charge < -0.3 is 0 Å². The van der Waals surface area contributed by atoms with Crippen molar-refractivity contribution in [1.29, 1.82) is 10.5 Å². The molecule has 0 N–H and O–H groups in total. The first-order chi connectivity index (χ1) is 6.17. The van der Waals surface area contributed by atoms with Crippen molar-refractivity contribution in [1.82, 2.24) is 0 Å². The van der Waals surface area contributed by atoms with Crippen LogP contribution in [0.2, 0.25) is 0 Å². The van der Waals surface area contributed by atoms with E-state index in [0.717, 1.165) is 0 Å². The Labute approximate surface area is 75.8 Å². The molecule has 0 aliphatic heterocycles. The molecule has 1 aromatic carbocycles. The number of hydrogen-bond acceptors (Lipinski definition) is 2. The van der Waals surface area contributed by atoms with Crippen molar-refractivity contribution in [2.24, 2.45) is 0 Å². The van der Waals surface area contributed by atoms with Gasteiger partial charge in [-0.05, 0) is 30.2 Å². The lowest BCUT2D eigenvalue weighted by Gasteiger charge is -2.01. The van der Waals surface area contributed by atoms with E-state index in [1.807, 2.05) is 0 Å². The third-order valence-electron chi connectivity index (χ3n) is 1.66. The van der Waals surface area contributed by atoms with Crippen LogP contribution >= 0.6 is 0 Å². The molecule has 1 aromatic rings. The lowest BCUT2D eigenvalue weighted by atomic mass is 10.0. The zero-order valence-corrected chi connectivity index (χ0v) is 7.08. The highest BCUT2D eigenvalue weighted by atomic mass is 19.1. The summed E-state index contributed by atoms with van der Waals surface area (Å²) in [5.41, 5.74) is 1.13. The zero-order valence-electron chi connectivity index (χ0n) is 7.08. The second-order valence-corrected chi connectivity index (χ2v) is 2.75. The summed E-state index contributed by atoms with van der Waals surface area (Å²) >= 11 is 0. The fraction of sp³-hybridized carbons (Fsp3) is 0.200. The summed E-state index contributed by atoms with van der Waals surface area (Å²) in [6.07, 6.45) is 0. The SMILES string of the molecule is Cc1cc(F)cc(C(C#N)C#N)c1. The number of nitriles is 2. The van der Waals surface area contributed by atoms with Crippen LogP contribution in [-0.4, -0.2) is 0 Å². The molecule has 0 unspecified atom stereocenters. The van der Waals surface area contributed by atoms with E-state index in [9.17, 15) is 4.39 Å². The highest BCUT2D eigenvalue weighted by molar-refractivity contribution is 5.34. The van der Waals surface area contributed by atoms with E-state index in [1.165, 1.54) is 12.1 Å². The Bertz CT molecular complexity index is 364. The normalized spacial score (nSPS) is 9.31. The minimum Gasteiger partial charge on any atom is -0.207 e. The Balaban J connectivity index is 3.17. The molecule has 0 atom stereocenters. The standard InChI is InChI=1S/C10H7FN2/c1-7-2-8(4-10(11)3-7)9(5-12)6-13/h2-4,9H,1H3. The molecule has 0 aromatic heterocycles. The van der Waals surface area contributed by atoms with Crippen molar-refractivity contribution in [2.75, 3.05) is 0 Å². The van der Waals surface area contributed by atoms with Gasteiger partial charge in [0, 0.05) is 0 Å². The van der Waals surface area contributed by atoms with E-state index < -0.39 is 11.7 Å². The second kappa shape index (κ2) is 3.69. The van der Waals surface area contributed by atoms with Crippen LogP contribution < -0.4 is 0 Å². The molecular formula is C10H7FN2. The maximum Gasteiger partial charge on any atom is 0.158 e. The summed E-state index contributed by atoms with van der Waals surface area (Å²) in [4.78, 5) is 0. The second-order valence-electron chi connectivity index (χ2n) is 2.75. The van der Waals surface area contributed by atoms with E-state index in [2.05, 4.69) is 0 Å². The van der Waals surface area contributed by atoms with Gasteiger partial charge in [0.25, 0.3) is 0 Å². The molecular weight excluding hydrogens is 167 g/mol. The molecule has 0 saturated heterocycles.